The van der Waals surface area contributed by atoms with Crippen molar-refractivity contribution in [2.45, 2.75) is 25.8 Å². The van der Waals surface area contributed by atoms with Crippen molar-refractivity contribution >= 4 is 15.6 Å². The average Bonchev–Trinajstić information content (AvgIpc) is 2.54. The minimum Gasteiger partial charge on any atom is -0.327 e. The van der Waals surface area contributed by atoms with E-state index in [-0.39, 0.29) is 17.7 Å². The number of nitrogens with two attached hydrogens (primary N) is 1. The lowest BCUT2D eigenvalue weighted by Crippen LogP contribution is -2.30. The fourth-order valence-corrected chi connectivity index (χ4v) is 3.64. The highest BCUT2D eigenvalue weighted by Gasteiger charge is 2.20. The van der Waals surface area contributed by atoms with Crippen molar-refractivity contribution in [1.29, 1.82) is 0 Å². The first kappa shape index (κ1) is 19.3. The summed E-state index contributed by atoms with van der Waals surface area (Å²) in [5.41, 5.74) is 9.58. The smallest absolute Gasteiger partial charge is 0.154 e. The fourth-order valence-electron chi connectivity index (χ4n) is 2.84. The largest absolute Gasteiger partial charge is 0.327 e. The Labute approximate surface area is 150 Å². The maximum atomic E-state index is 11.9. The van der Waals surface area contributed by atoms with E-state index in [2.05, 4.69) is 24.3 Å². The summed E-state index contributed by atoms with van der Waals surface area (Å²) in [5, 5.41) is 0. The predicted molar refractivity (Wildman–Crippen MR) is 102 cm³/mol. The molecule has 0 fully saturated rings. The van der Waals surface area contributed by atoms with Crippen LogP contribution in [0.2, 0.25) is 0 Å². The third-order valence-corrected chi connectivity index (χ3v) is 4.98. The summed E-state index contributed by atoms with van der Waals surface area (Å²) in [6.45, 7) is 1.74. The minimum absolute atomic E-state index is 0.180. The molecule has 0 amide bonds. The van der Waals surface area contributed by atoms with E-state index in [1.807, 2.05) is 30.3 Å². The number of sulfone groups is 1. The van der Waals surface area contributed by atoms with Crippen molar-refractivity contribution in [2.24, 2.45) is 11.7 Å². The Morgan fingerprint density at radius 1 is 1.00 bits per heavy atom. The van der Waals surface area contributed by atoms with E-state index in [0.29, 0.717) is 12.8 Å². The summed E-state index contributed by atoms with van der Waals surface area (Å²) in [4.78, 5) is 11.9. The van der Waals surface area contributed by atoms with E-state index in [1.165, 1.54) is 5.56 Å². The second-order valence-electron chi connectivity index (χ2n) is 6.70. The Bertz CT molecular complexity index is 799. The molecule has 0 bridgehead atoms. The molecule has 0 saturated heterocycles. The van der Waals surface area contributed by atoms with E-state index >= 15 is 0 Å². The lowest BCUT2D eigenvalue weighted by molar-refractivity contribution is -0.120. The van der Waals surface area contributed by atoms with Crippen molar-refractivity contribution in [3.05, 3.63) is 60.2 Å². The number of rotatable bonds is 8. The fraction of sp³-hybridized carbons (Fsp3) is 0.350. The second-order valence-corrected chi connectivity index (χ2v) is 8.84. The van der Waals surface area contributed by atoms with Crippen LogP contribution in [-0.2, 0) is 21.1 Å². The minimum atomic E-state index is -3.28. The van der Waals surface area contributed by atoms with Gasteiger partial charge in [0.1, 0.15) is 5.75 Å². The lowest BCUT2D eigenvalue weighted by atomic mass is 9.94. The summed E-state index contributed by atoms with van der Waals surface area (Å²) >= 11 is 0. The summed E-state index contributed by atoms with van der Waals surface area (Å²) < 4.78 is 22.4. The summed E-state index contributed by atoms with van der Waals surface area (Å²) in [6.07, 6.45) is 2.21. The van der Waals surface area contributed by atoms with Crippen LogP contribution in [0.1, 0.15) is 18.9 Å². The van der Waals surface area contributed by atoms with Gasteiger partial charge in [0, 0.05) is 18.2 Å². The maximum absolute atomic E-state index is 11.9. The molecule has 0 aliphatic carbocycles. The molecule has 0 spiro atoms. The Hall–Kier alpha value is -1.98. The first-order chi connectivity index (χ1) is 11.7. The van der Waals surface area contributed by atoms with Crippen molar-refractivity contribution in [3.63, 3.8) is 0 Å². The number of ketones is 1. The Kier molecular flexibility index (Phi) is 6.51. The third kappa shape index (κ3) is 6.44. The molecule has 4 nitrogen and oxygen atoms in total. The topological polar surface area (TPSA) is 77.2 Å². The quantitative estimate of drug-likeness (QED) is 0.786. The number of hydrogen-bond acceptors (Lipinski definition) is 4. The number of Topliss-reactive ketones (excluding diaryl/α,β-unsaturated/α-hetero) is 1. The molecule has 0 unspecified atom stereocenters. The van der Waals surface area contributed by atoms with Gasteiger partial charge in [-0.05, 0) is 29.5 Å². The third-order valence-electron chi connectivity index (χ3n) is 4.17. The lowest BCUT2D eigenvalue weighted by Gasteiger charge is -2.16. The van der Waals surface area contributed by atoms with Crippen LogP contribution < -0.4 is 5.73 Å². The standard InChI is InChI=1S/C20H25NO3S/c1-15(20(22)14-25(2,23)24)12-19(21)13-16-8-10-18(11-9-16)17-6-4-3-5-7-17/h3-11,15,19H,12-14,21H2,1-2H3/t15-,19+/m1/s1. The summed E-state index contributed by atoms with van der Waals surface area (Å²) in [7, 11) is -3.28. The van der Waals surface area contributed by atoms with Gasteiger partial charge in [-0.1, -0.05) is 61.5 Å². The Morgan fingerprint density at radius 2 is 1.56 bits per heavy atom. The van der Waals surface area contributed by atoms with E-state index in [1.54, 1.807) is 6.92 Å². The van der Waals surface area contributed by atoms with Gasteiger partial charge < -0.3 is 5.73 Å². The summed E-state index contributed by atoms with van der Waals surface area (Å²) in [6, 6.07) is 18.2. The zero-order chi connectivity index (χ0) is 18.4. The molecule has 2 aromatic carbocycles. The van der Waals surface area contributed by atoms with Crippen molar-refractivity contribution in [3.8, 4) is 11.1 Å². The van der Waals surface area contributed by atoms with Gasteiger partial charge in [-0.15, -0.1) is 0 Å². The van der Waals surface area contributed by atoms with E-state index in [9.17, 15) is 13.2 Å². The number of benzene rings is 2. The van der Waals surface area contributed by atoms with E-state index in [0.717, 1.165) is 17.4 Å². The van der Waals surface area contributed by atoms with Crippen LogP contribution in [-0.4, -0.2) is 32.3 Å². The first-order valence-electron chi connectivity index (χ1n) is 8.35. The van der Waals surface area contributed by atoms with Crippen LogP contribution in [0, 0.1) is 5.92 Å². The number of carbonyl (C=O) groups excluding carboxylic acids is 1. The Balaban J connectivity index is 1.92. The highest BCUT2D eigenvalue weighted by Crippen LogP contribution is 2.20. The highest BCUT2D eigenvalue weighted by molar-refractivity contribution is 7.91. The molecule has 2 aromatic rings. The molecule has 2 N–H and O–H groups in total. The molecule has 0 aromatic heterocycles. The predicted octanol–water partition coefficient (Wildman–Crippen LogP) is 2.86. The molecule has 5 heteroatoms. The van der Waals surface area contributed by atoms with Crippen molar-refractivity contribution < 1.29 is 13.2 Å². The molecular weight excluding hydrogens is 334 g/mol. The van der Waals surface area contributed by atoms with Gasteiger partial charge in [-0.3, -0.25) is 4.79 Å². The molecule has 0 aliphatic rings. The number of hydrogen-bond donors (Lipinski definition) is 1. The first-order valence-corrected chi connectivity index (χ1v) is 10.4. The van der Waals surface area contributed by atoms with Gasteiger partial charge in [0.2, 0.25) is 0 Å². The van der Waals surface area contributed by atoms with Gasteiger partial charge in [0.15, 0.2) is 15.6 Å². The molecular formula is C20H25NO3S. The normalized spacial score (nSPS) is 14.0. The second kappa shape index (κ2) is 8.41. The van der Waals surface area contributed by atoms with Crippen molar-refractivity contribution in [1.82, 2.24) is 0 Å². The molecule has 2 rings (SSSR count). The highest BCUT2D eigenvalue weighted by atomic mass is 32.2. The van der Waals surface area contributed by atoms with Crippen LogP contribution in [0.25, 0.3) is 11.1 Å². The van der Waals surface area contributed by atoms with E-state index < -0.39 is 15.6 Å². The maximum Gasteiger partial charge on any atom is 0.154 e. The number of carbonyl (C=O) groups is 1. The molecule has 25 heavy (non-hydrogen) atoms. The molecule has 0 saturated carbocycles. The van der Waals surface area contributed by atoms with Gasteiger partial charge in [0.25, 0.3) is 0 Å². The Morgan fingerprint density at radius 3 is 2.12 bits per heavy atom. The zero-order valence-corrected chi connectivity index (χ0v) is 15.5. The zero-order valence-electron chi connectivity index (χ0n) is 14.7. The molecule has 0 heterocycles. The van der Waals surface area contributed by atoms with Crippen LogP contribution >= 0.6 is 0 Å². The SMILES string of the molecule is C[C@H](C[C@H](N)Cc1ccc(-c2ccccc2)cc1)C(=O)CS(C)(=O)=O. The van der Waals surface area contributed by atoms with Crippen molar-refractivity contribution in [2.75, 3.05) is 12.0 Å². The summed E-state index contributed by atoms with van der Waals surface area (Å²) in [5.74, 6) is -1.03. The van der Waals surface area contributed by atoms with Gasteiger partial charge in [-0.2, -0.15) is 0 Å². The molecule has 0 radical (unpaired) electrons. The van der Waals surface area contributed by atoms with Crippen LogP contribution in [0.15, 0.2) is 54.6 Å². The van der Waals surface area contributed by atoms with Gasteiger partial charge >= 0.3 is 0 Å². The molecule has 134 valence electrons. The van der Waals surface area contributed by atoms with Gasteiger partial charge in [0.05, 0.1) is 0 Å². The van der Waals surface area contributed by atoms with Crippen LogP contribution in [0.3, 0.4) is 0 Å². The van der Waals surface area contributed by atoms with Gasteiger partial charge in [-0.25, -0.2) is 8.42 Å². The van der Waals surface area contributed by atoms with Crippen LogP contribution in [0.4, 0.5) is 0 Å². The van der Waals surface area contributed by atoms with Crippen LogP contribution in [0.5, 0.6) is 0 Å². The molecule has 0 aliphatic heterocycles. The molecule has 2 atom stereocenters. The van der Waals surface area contributed by atoms with E-state index in [4.69, 9.17) is 5.73 Å². The average molecular weight is 359 g/mol. The monoisotopic (exact) mass is 359 g/mol.